The van der Waals surface area contributed by atoms with Crippen LogP contribution < -0.4 is 10.2 Å². The summed E-state index contributed by atoms with van der Waals surface area (Å²) in [5, 5.41) is 2.87. The highest BCUT2D eigenvalue weighted by atomic mass is 16.5. The number of nitrogens with one attached hydrogen (secondary N) is 2. The average Bonchev–Trinajstić information content (AvgIpc) is 3.11. The Morgan fingerprint density at radius 3 is 2.83 bits per heavy atom. The highest BCUT2D eigenvalue weighted by molar-refractivity contribution is 6.05. The second-order valence-corrected chi connectivity index (χ2v) is 5.59. The number of morpholine rings is 1. The maximum atomic E-state index is 12.4. The summed E-state index contributed by atoms with van der Waals surface area (Å²) in [7, 11) is 0. The number of benzene rings is 1. The molecule has 3 heterocycles. The average molecular weight is 323 g/mol. The molecule has 2 N–H and O–H groups in total. The topological polar surface area (TPSA) is 83.1 Å². The Hall–Kier alpha value is -2.93. The van der Waals surface area contributed by atoms with Crippen LogP contribution in [-0.2, 0) is 4.74 Å². The molecule has 7 nitrogen and oxygen atoms in total. The summed E-state index contributed by atoms with van der Waals surface area (Å²) >= 11 is 0. The van der Waals surface area contributed by atoms with Crippen LogP contribution in [0.2, 0.25) is 0 Å². The monoisotopic (exact) mass is 323 g/mol. The summed E-state index contributed by atoms with van der Waals surface area (Å²) in [6, 6.07) is 9.14. The lowest BCUT2D eigenvalue weighted by Crippen LogP contribution is -2.36. The molecule has 1 aliphatic rings. The standard InChI is InChI=1S/C17H17N5O2/c23-17(12-1-3-14-15(9-12)20-11-19-14)21-13-2-4-16(18-10-13)22-5-7-24-8-6-22/h1-4,9-11H,5-8H2,(H,19,20)(H,21,23). The van der Waals surface area contributed by atoms with E-state index in [1.54, 1.807) is 24.7 Å². The Labute approximate surface area is 138 Å². The van der Waals surface area contributed by atoms with Crippen molar-refractivity contribution in [2.24, 2.45) is 0 Å². The first-order chi connectivity index (χ1) is 11.8. The number of hydrogen-bond donors (Lipinski definition) is 2. The molecule has 0 aliphatic carbocycles. The zero-order valence-corrected chi connectivity index (χ0v) is 13.0. The van der Waals surface area contributed by atoms with Crippen molar-refractivity contribution in [2.45, 2.75) is 0 Å². The van der Waals surface area contributed by atoms with E-state index in [1.807, 2.05) is 18.2 Å². The second-order valence-electron chi connectivity index (χ2n) is 5.59. The summed E-state index contributed by atoms with van der Waals surface area (Å²) in [4.78, 5) is 26.1. The van der Waals surface area contributed by atoms with Crippen molar-refractivity contribution in [3.8, 4) is 0 Å². The van der Waals surface area contributed by atoms with E-state index in [0.717, 1.165) is 43.2 Å². The normalized spacial score (nSPS) is 14.8. The molecule has 122 valence electrons. The molecule has 0 spiro atoms. The van der Waals surface area contributed by atoms with Crippen LogP contribution in [-0.4, -0.2) is 47.2 Å². The number of aromatic amines is 1. The zero-order valence-electron chi connectivity index (χ0n) is 13.0. The van der Waals surface area contributed by atoms with Gasteiger partial charge in [0.2, 0.25) is 0 Å². The van der Waals surface area contributed by atoms with Crippen molar-refractivity contribution in [3.05, 3.63) is 48.4 Å². The summed E-state index contributed by atoms with van der Waals surface area (Å²) in [6.45, 7) is 3.11. The number of carbonyl (C=O) groups is 1. The van der Waals surface area contributed by atoms with Gasteiger partial charge in [0, 0.05) is 18.7 Å². The van der Waals surface area contributed by atoms with Crippen LogP contribution in [0.4, 0.5) is 11.5 Å². The van der Waals surface area contributed by atoms with Crippen LogP contribution in [0.1, 0.15) is 10.4 Å². The van der Waals surface area contributed by atoms with Crippen molar-refractivity contribution in [3.63, 3.8) is 0 Å². The van der Waals surface area contributed by atoms with Crippen molar-refractivity contribution in [1.82, 2.24) is 15.0 Å². The number of rotatable bonds is 3. The van der Waals surface area contributed by atoms with E-state index in [-0.39, 0.29) is 5.91 Å². The van der Waals surface area contributed by atoms with Gasteiger partial charge in [-0.2, -0.15) is 0 Å². The van der Waals surface area contributed by atoms with Gasteiger partial charge in [0.05, 0.1) is 42.5 Å². The molecule has 24 heavy (non-hydrogen) atoms. The van der Waals surface area contributed by atoms with E-state index in [4.69, 9.17) is 4.74 Å². The number of H-pyrrole nitrogens is 1. The Bertz CT molecular complexity index is 853. The van der Waals surface area contributed by atoms with E-state index in [2.05, 4.69) is 25.2 Å². The van der Waals surface area contributed by atoms with Crippen molar-refractivity contribution < 1.29 is 9.53 Å². The van der Waals surface area contributed by atoms with Crippen LogP contribution in [0.15, 0.2) is 42.9 Å². The van der Waals surface area contributed by atoms with Crippen LogP contribution >= 0.6 is 0 Å². The lowest BCUT2D eigenvalue weighted by atomic mass is 10.2. The first kappa shape index (κ1) is 14.6. The summed E-state index contributed by atoms with van der Waals surface area (Å²) in [5.41, 5.74) is 2.91. The van der Waals surface area contributed by atoms with Gasteiger partial charge in [-0.1, -0.05) is 0 Å². The zero-order chi connectivity index (χ0) is 16.4. The third-order valence-electron chi connectivity index (χ3n) is 4.02. The van der Waals surface area contributed by atoms with Crippen LogP contribution in [0.25, 0.3) is 11.0 Å². The Kier molecular flexibility index (Phi) is 3.84. The molecule has 3 aromatic rings. The molecule has 7 heteroatoms. The summed E-state index contributed by atoms with van der Waals surface area (Å²) in [5.74, 6) is 0.725. The lowest BCUT2D eigenvalue weighted by molar-refractivity contribution is 0.102. The number of anilines is 2. The van der Waals surface area contributed by atoms with E-state index in [1.165, 1.54) is 0 Å². The number of aromatic nitrogens is 3. The van der Waals surface area contributed by atoms with Gasteiger partial charge in [0.25, 0.3) is 5.91 Å². The molecule has 4 rings (SSSR count). The van der Waals surface area contributed by atoms with E-state index < -0.39 is 0 Å². The van der Waals surface area contributed by atoms with Crippen LogP contribution in [0.3, 0.4) is 0 Å². The number of carbonyl (C=O) groups excluding carboxylic acids is 1. The predicted molar refractivity (Wildman–Crippen MR) is 91.3 cm³/mol. The fraction of sp³-hybridized carbons (Fsp3) is 0.235. The molecule has 0 unspecified atom stereocenters. The number of nitrogens with zero attached hydrogens (tertiary/aromatic N) is 3. The predicted octanol–water partition coefficient (Wildman–Crippen LogP) is 2.05. The Morgan fingerprint density at radius 1 is 1.17 bits per heavy atom. The second kappa shape index (κ2) is 6.29. The molecular formula is C17H17N5O2. The van der Waals surface area contributed by atoms with Gasteiger partial charge in [-0.15, -0.1) is 0 Å². The van der Waals surface area contributed by atoms with Gasteiger partial charge in [0.1, 0.15) is 5.82 Å². The molecule has 1 aromatic carbocycles. The fourth-order valence-corrected chi connectivity index (χ4v) is 2.72. The largest absolute Gasteiger partial charge is 0.378 e. The lowest BCUT2D eigenvalue weighted by Gasteiger charge is -2.27. The van der Waals surface area contributed by atoms with Gasteiger partial charge in [-0.25, -0.2) is 9.97 Å². The Balaban J connectivity index is 1.46. The molecule has 1 saturated heterocycles. The first-order valence-electron chi connectivity index (χ1n) is 7.83. The van der Waals surface area contributed by atoms with Crippen molar-refractivity contribution in [2.75, 3.05) is 36.5 Å². The summed E-state index contributed by atoms with van der Waals surface area (Å²) < 4.78 is 5.34. The van der Waals surface area contributed by atoms with Crippen molar-refractivity contribution in [1.29, 1.82) is 0 Å². The number of imidazole rings is 1. The van der Waals surface area contributed by atoms with E-state index in [0.29, 0.717) is 11.3 Å². The van der Waals surface area contributed by atoms with Gasteiger partial charge >= 0.3 is 0 Å². The van der Waals surface area contributed by atoms with Gasteiger partial charge in [-0.05, 0) is 30.3 Å². The van der Waals surface area contributed by atoms with E-state index in [9.17, 15) is 4.79 Å². The molecular weight excluding hydrogens is 306 g/mol. The molecule has 1 amide bonds. The molecule has 0 atom stereocenters. The molecule has 0 bridgehead atoms. The minimum atomic E-state index is -0.174. The number of fused-ring (bicyclic) bond motifs is 1. The smallest absolute Gasteiger partial charge is 0.255 e. The molecule has 1 fully saturated rings. The molecule has 1 aliphatic heterocycles. The van der Waals surface area contributed by atoms with Gasteiger partial charge in [0.15, 0.2) is 0 Å². The maximum absolute atomic E-state index is 12.4. The highest BCUT2D eigenvalue weighted by Gasteiger charge is 2.13. The quantitative estimate of drug-likeness (QED) is 0.771. The third kappa shape index (κ3) is 2.93. The van der Waals surface area contributed by atoms with Crippen LogP contribution in [0.5, 0.6) is 0 Å². The minimum Gasteiger partial charge on any atom is -0.378 e. The molecule has 0 radical (unpaired) electrons. The Morgan fingerprint density at radius 2 is 2.04 bits per heavy atom. The molecule has 0 saturated carbocycles. The maximum Gasteiger partial charge on any atom is 0.255 e. The minimum absolute atomic E-state index is 0.174. The number of amides is 1. The third-order valence-corrected chi connectivity index (χ3v) is 4.02. The number of ether oxygens (including phenoxy) is 1. The molecule has 2 aromatic heterocycles. The number of pyridine rings is 1. The van der Waals surface area contributed by atoms with E-state index >= 15 is 0 Å². The highest BCUT2D eigenvalue weighted by Crippen LogP contribution is 2.17. The fourth-order valence-electron chi connectivity index (χ4n) is 2.72. The first-order valence-corrected chi connectivity index (χ1v) is 7.83. The SMILES string of the molecule is O=C(Nc1ccc(N2CCOCC2)nc1)c1ccc2nc[nH]c2c1. The van der Waals surface area contributed by atoms with Gasteiger partial charge < -0.3 is 19.9 Å². The van der Waals surface area contributed by atoms with Crippen molar-refractivity contribution >= 4 is 28.4 Å². The summed E-state index contributed by atoms with van der Waals surface area (Å²) in [6.07, 6.45) is 3.29. The van der Waals surface area contributed by atoms with Gasteiger partial charge in [-0.3, -0.25) is 4.79 Å². The number of hydrogen-bond acceptors (Lipinski definition) is 5. The van der Waals surface area contributed by atoms with Crippen LogP contribution in [0, 0.1) is 0 Å².